The molecule has 0 spiro atoms. The van der Waals surface area contributed by atoms with Gasteiger partial charge >= 0.3 is 0 Å². The Labute approximate surface area is 116 Å². The van der Waals surface area contributed by atoms with Gasteiger partial charge in [-0.15, -0.1) is 6.58 Å². The van der Waals surface area contributed by atoms with Crippen molar-refractivity contribution in [3.05, 3.63) is 12.7 Å². The average molecular weight is 287 g/mol. The lowest BCUT2D eigenvalue weighted by atomic mass is 10.1. The van der Waals surface area contributed by atoms with Gasteiger partial charge in [0.25, 0.3) is 10.2 Å². The van der Waals surface area contributed by atoms with E-state index in [1.54, 1.807) is 14.7 Å². The first-order valence-electron chi connectivity index (χ1n) is 7.15. The molecule has 1 aliphatic heterocycles. The molecule has 1 heterocycles. The molecule has 1 unspecified atom stereocenters. The molecule has 1 saturated carbocycles. The molecule has 1 N–H and O–H groups in total. The fourth-order valence-corrected chi connectivity index (χ4v) is 4.84. The van der Waals surface area contributed by atoms with Crippen molar-refractivity contribution >= 4 is 10.2 Å². The van der Waals surface area contributed by atoms with Crippen LogP contribution >= 0.6 is 0 Å². The van der Waals surface area contributed by atoms with Gasteiger partial charge in [0.05, 0.1) is 0 Å². The van der Waals surface area contributed by atoms with Crippen LogP contribution in [0.15, 0.2) is 12.7 Å². The maximum atomic E-state index is 12.8. The van der Waals surface area contributed by atoms with E-state index >= 15 is 0 Å². The van der Waals surface area contributed by atoms with Crippen LogP contribution < -0.4 is 5.32 Å². The SMILES string of the molecule is C=CCN(C1CC1)S(=O)(=O)N1CCCCC1CNC. The van der Waals surface area contributed by atoms with Gasteiger partial charge in [-0.2, -0.15) is 17.0 Å². The molecule has 0 aromatic carbocycles. The van der Waals surface area contributed by atoms with E-state index in [1.807, 2.05) is 7.05 Å². The standard InChI is InChI=1S/C13H25N3O2S/c1-3-9-15(12-7-8-12)19(17,18)16-10-5-4-6-13(16)11-14-2/h3,12-14H,1,4-11H2,2H3. The Morgan fingerprint density at radius 3 is 2.68 bits per heavy atom. The molecule has 2 rings (SSSR count). The molecule has 5 nitrogen and oxygen atoms in total. The molecule has 0 bridgehead atoms. The van der Waals surface area contributed by atoms with Gasteiger partial charge in [0, 0.05) is 31.7 Å². The molecule has 1 aliphatic carbocycles. The second-order valence-corrected chi connectivity index (χ2v) is 7.25. The van der Waals surface area contributed by atoms with E-state index < -0.39 is 10.2 Å². The largest absolute Gasteiger partial charge is 0.318 e. The quantitative estimate of drug-likeness (QED) is 0.710. The highest BCUT2D eigenvalue weighted by Gasteiger charge is 2.42. The Hall–Kier alpha value is -0.430. The Morgan fingerprint density at radius 2 is 2.11 bits per heavy atom. The minimum Gasteiger partial charge on any atom is -0.318 e. The van der Waals surface area contributed by atoms with Gasteiger partial charge in [-0.1, -0.05) is 12.5 Å². The minimum absolute atomic E-state index is 0.0924. The van der Waals surface area contributed by atoms with E-state index in [4.69, 9.17) is 0 Å². The van der Waals surface area contributed by atoms with Crippen LogP contribution in [0.3, 0.4) is 0 Å². The van der Waals surface area contributed by atoms with Crippen molar-refractivity contribution in [2.24, 2.45) is 0 Å². The summed E-state index contributed by atoms with van der Waals surface area (Å²) >= 11 is 0. The third-order valence-corrected chi connectivity index (χ3v) is 5.98. The first-order chi connectivity index (χ1) is 9.11. The third kappa shape index (κ3) is 3.37. The van der Waals surface area contributed by atoms with Crippen LogP contribution in [0, 0.1) is 0 Å². The highest BCUT2D eigenvalue weighted by molar-refractivity contribution is 7.86. The second-order valence-electron chi connectivity index (χ2n) is 5.42. The summed E-state index contributed by atoms with van der Waals surface area (Å²) in [6, 6.07) is 0.287. The molecule has 0 aromatic heterocycles. The normalized spacial score (nSPS) is 25.7. The number of hydrogen-bond acceptors (Lipinski definition) is 3. The molecule has 110 valence electrons. The number of rotatable bonds is 7. The van der Waals surface area contributed by atoms with E-state index in [-0.39, 0.29) is 12.1 Å². The smallest absolute Gasteiger partial charge is 0.282 e. The first kappa shape index (κ1) is 15.0. The van der Waals surface area contributed by atoms with Crippen molar-refractivity contribution in [3.63, 3.8) is 0 Å². The van der Waals surface area contributed by atoms with E-state index in [2.05, 4.69) is 11.9 Å². The lowest BCUT2D eigenvalue weighted by molar-refractivity contribution is 0.229. The molecular weight excluding hydrogens is 262 g/mol. The maximum absolute atomic E-state index is 12.8. The van der Waals surface area contributed by atoms with Crippen LogP contribution in [-0.2, 0) is 10.2 Å². The fraction of sp³-hybridized carbons (Fsp3) is 0.846. The molecular formula is C13H25N3O2S. The zero-order valence-electron chi connectivity index (χ0n) is 11.7. The molecule has 1 atom stereocenters. The number of piperidine rings is 1. The monoisotopic (exact) mass is 287 g/mol. The van der Waals surface area contributed by atoms with Crippen molar-refractivity contribution in [3.8, 4) is 0 Å². The van der Waals surface area contributed by atoms with E-state index in [0.29, 0.717) is 13.1 Å². The summed E-state index contributed by atoms with van der Waals surface area (Å²) in [5.41, 5.74) is 0. The van der Waals surface area contributed by atoms with E-state index in [0.717, 1.165) is 38.6 Å². The Balaban J connectivity index is 2.16. The molecule has 2 aliphatic rings. The molecule has 0 amide bonds. The molecule has 19 heavy (non-hydrogen) atoms. The van der Waals surface area contributed by atoms with Gasteiger partial charge in [-0.25, -0.2) is 0 Å². The Morgan fingerprint density at radius 1 is 1.37 bits per heavy atom. The Bertz CT molecular complexity index is 404. The zero-order chi connectivity index (χ0) is 13.9. The fourth-order valence-electron chi connectivity index (χ4n) is 2.77. The van der Waals surface area contributed by atoms with Crippen LogP contribution in [0.25, 0.3) is 0 Å². The molecule has 0 radical (unpaired) electrons. The van der Waals surface area contributed by atoms with Gasteiger partial charge in [0.15, 0.2) is 0 Å². The number of likely N-dealkylation sites (N-methyl/N-ethyl adjacent to an activating group) is 1. The van der Waals surface area contributed by atoms with Crippen LogP contribution in [-0.4, -0.2) is 55.8 Å². The summed E-state index contributed by atoms with van der Waals surface area (Å²) in [5.74, 6) is 0. The topological polar surface area (TPSA) is 52.7 Å². The predicted molar refractivity (Wildman–Crippen MR) is 77.1 cm³/mol. The third-order valence-electron chi connectivity index (χ3n) is 3.87. The van der Waals surface area contributed by atoms with Crippen molar-refractivity contribution in [1.29, 1.82) is 0 Å². The van der Waals surface area contributed by atoms with Crippen molar-refractivity contribution in [2.45, 2.75) is 44.2 Å². The highest BCUT2D eigenvalue weighted by atomic mass is 32.2. The van der Waals surface area contributed by atoms with Crippen LogP contribution in [0.2, 0.25) is 0 Å². The van der Waals surface area contributed by atoms with Crippen molar-refractivity contribution < 1.29 is 8.42 Å². The summed E-state index contributed by atoms with van der Waals surface area (Å²) < 4.78 is 29.0. The summed E-state index contributed by atoms with van der Waals surface area (Å²) in [5, 5.41) is 3.11. The summed E-state index contributed by atoms with van der Waals surface area (Å²) in [6.45, 7) is 5.49. The van der Waals surface area contributed by atoms with Gasteiger partial charge in [-0.05, 0) is 32.7 Å². The second kappa shape index (κ2) is 6.35. The van der Waals surface area contributed by atoms with Gasteiger partial charge in [0.1, 0.15) is 0 Å². The summed E-state index contributed by atoms with van der Waals surface area (Å²) in [6.07, 6.45) is 6.68. The van der Waals surface area contributed by atoms with Gasteiger partial charge in [-0.3, -0.25) is 0 Å². The van der Waals surface area contributed by atoms with Crippen LogP contribution in [0.1, 0.15) is 32.1 Å². The molecule has 0 aromatic rings. The number of nitrogens with zero attached hydrogens (tertiary/aromatic N) is 2. The predicted octanol–water partition coefficient (Wildman–Crippen LogP) is 0.956. The zero-order valence-corrected chi connectivity index (χ0v) is 12.5. The average Bonchev–Trinajstić information content (AvgIpc) is 3.21. The van der Waals surface area contributed by atoms with Gasteiger partial charge < -0.3 is 5.32 Å². The van der Waals surface area contributed by atoms with Crippen molar-refractivity contribution in [2.75, 3.05) is 26.7 Å². The molecule has 2 fully saturated rings. The van der Waals surface area contributed by atoms with Crippen LogP contribution in [0.4, 0.5) is 0 Å². The summed E-state index contributed by atoms with van der Waals surface area (Å²) in [7, 11) is -1.46. The number of hydrogen-bond donors (Lipinski definition) is 1. The minimum atomic E-state index is -3.34. The molecule has 6 heteroatoms. The van der Waals surface area contributed by atoms with E-state index in [1.165, 1.54) is 0 Å². The van der Waals surface area contributed by atoms with Crippen molar-refractivity contribution in [1.82, 2.24) is 13.9 Å². The summed E-state index contributed by atoms with van der Waals surface area (Å²) in [4.78, 5) is 0. The highest BCUT2D eigenvalue weighted by Crippen LogP contribution is 2.32. The first-order valence-corrected chi connectivity index (χ1v) is 8.55. The number of nitrogens with one attached hydrogen (secondary N) is 1. The lowest BCUT2D eigenvalue weighted by Crippen LogP contribution is -2.53. The van der Waals surface area contributed by atoms with Crippen LogP contribution in [0.5, 0.6) is 0 Å². The van der Waals surface area contributed by atoms with E-state index in [9.17, 15) is 8.42 Å². The molecule has 1 saturated heterocycles. The maximum Gasteiger partial charge on any atom is 0.282 e. The van der Waals surface area contributed by atoms with Gasteiger partial charge in [0.2, 0.25) is 0 Å². The Kier molecular flexibility index (Phi) is 5.00. The lowest BCUT2D eigenvalue weighted by Gasteiger charge is -2.37.